The summed E-state index contributed by atoms with van der Waals surface area (Å²) >= 11 is 5.95. The predicted molar refractivity (Wildman–Crippen MR) is 60.5 cm³/mol. The highest BCUT2D eigenvalue weighted by Gasteiger charge is 2.34. The summed E-state index contributed by atoms with van der Waals surface area (Å²) in [4.78, 5) is 13.7. The van der Waals surface area contributed by atoms with E-state index in [1.54, 1.807) is 6.07 Å². The molecule has 0 unspecified atom stereocenters. The highest BCUT2D eigenvalue weighted by atomic mass is 35.5. The Morgan fingerprint density at radius 1 is 1.38 bits per heavy atom. The van der Waals surface area contributed by atoms with Crippen molar-refractivity contribution in [2.75, 3.05) is 6.61 Å². The maximum absolute atomic E-state index is 11.8. The number of hydrogen-bond acceptors (Lipinski definition) is 2. The van der Waals surface area contributed by atoms with Crippen LogP contribution in [0.25, 0.3) is 0 Å². The van der Waals surface area contributed by atoms with E-state index >= 15 is 0 Å². The van der Waals surface area contributed by atoms with E-state index in [0.717, 1.165) is 24.2 Å². The Balaban J connectivity index is 1.94. The minimum Gasteiger partial charge on any atom is -0.483 e. The second-order valence-corrected chi connectivity index (χ2v) is 4.73. The number of benzene rings is 1. The molecular weight excluding hydrogens is 226 g/mol. The monoisotopic (exact) mass is 237 g/mol. The van der Waals surface area contributed by atoms with Crippen molar-refractivity contribution in [1.82, 2.24) is 4.90 Å². The molecule has 0 spiro atoms. The molecule has 1 fully saturated rings. The maximum atomic E-state index is 11.8. The van der Waals surface area contributed by atoms with Gasteiger partial charge in [0.15, 0.2) is 6.61 Å². The standard InChI is InChI=1S/C12H12ClNO2/c13-9-1-4-11-8(5-9)6-14(10-2-3-10)12(15)7-16-11/h1,4-5,10H,2-3,6-7H2. The average Bonchev–Trinajstić information content (AvgIpc) is 3.06. The molecule has 2 aliphatic rings. The minimum absolute atomic E-state index is 0.0785. The smallest absolute Gasteiger partial charge is 0.261 e. The van der Waals surface area contributed by atoms with Crippen molar-refractivity contribution in [3.05, 3.63) is 28.8 Å². The summed E-state index contributed by atoms with van der Waals surface area (Å²) in [5.74, 6) is 0.857. The third-order valence-corrected chi connectivity index (χ3v) is 3.26. The molecule has 16 heavy (non-hydrogen) atoms. The molecule has 0 N–H and O–H groups in total. The number of ether oxygens (including phenoxy) is 1. The van der Waals surface area contributed by atoms with Crippen LogP contribution in [0.15, 0.2) is 18.2 Å². The SMILES string of the molecule is O=C1COc2ccc(Cl)cc2CN1C1CC1. The molecule has 1 aliphatic carbocycles. The quantitative estimate of drug-likeness (QED) is 0.750. The van der Waals surface area contributed by atoms with E-state index in [0.29, 0.717) is 17.6 Å². The van der Waals surface area contributed by atoms with Crippen molar-refractivity contribution >= 4 is 17.5 Å². The van der Waals surface area contributed by atoms with E-state index in [1.165, 1.54) is 0 Å². The number of amides is 1. The number of rotatable bonds is 1. The lowest BCUT2D eigenvalue weighted by molar-refractivity contribution is -0.133. The first-order chi connectivity index (χ1) is 7.74. The third kappa shape index (κ3) is 1.76. The largest absolute Gasteiger partial charge is 0.483 e. The zero-order valence-corrected chi connectivity index (χ0v) is 9.54. The van der Waals surface area contributed by atoms with Crippen LogP contribution >= 0.6 is 11.6 Å². The predicted octanol–water partition coefficient (Wildman–Crippen LogP) is 2.22. The third-order valence-electron chi connectivity index (χ3n) is 3.02. The summed E-state index contributed by atoms with van der Waals surface area (Å²) in [5, 5.41) is 0.687. The second kappa shape index (κ2) is 3.67. The summed E-state index contributed by atoms with van der Waals surface area (Å²) in [7, 11) is 0. The molecule has 3 nitrogen and oxygen atoms in total. The first kappa shape index (κ1) is 9.97. The normalized spacial score (nSPS) is 20.1. The van der Waals surface area contributed by atoms with E-state index in [1.807, 2.05) is 17.0 Å². The van der Waals surface area contributed by atoms with E-state index < -0.39 is 0 Å². The Bertz CT molecular complexity index is 443. The average molecular weight is 238 g/mol. The number of fused-ring (bicyclic) bond motifs is 1. The van der Waals surface area contributed by atoms with Crippen LogP contribution in [0.2, 0.25) is 5.02 Å². The fourth-order valence-electron chi connectivity index (χ4n) is 2.03. The maximum Gasteiger partial charge on any atom is 0.261 e. The lowest BCUT2D eigenvalue weighted by Crippen LogP contribution is -2.34. The molecule has 1 heterocycles. The van der Waals surface area contributed by atoms with Gasteiger partial charge in [-0.2, -0.15) is 0 Å². The molecule has 1 aromatic rings. The summed E-state index contributed by atoms with van der Waals surface area (Å²) in [6, 6.07) is 5.92. The van der Waals surface area contributed by atoms with Gasteiger partial charge in [-0.25, -0.2) is 0 Å². The first-order valence-electron chi connectivity index (χ1n) is 5.45. The topological polar surface area (TPSA) is 29.5 Å². The molecule has 1 saturated carbocycles. The van der Waals surface area contributed by atoms with Crippen LogP contribution in [0.5, 0.6) is 5.75 Å². The lowest BCUT2D eigenvalue weighted by Gasteiger charge is -2.19. The summed E-state index contributed by atoms with van der Waals surface area (Å²) in [6.45, 7) is 0.768. The Labute approximate surface area is 98.9 Å². The molecular formula is C12H12ClNO2. The van der Waals surface area contributed by atoms with Gasteiger partial charge in [-0.05, 0) is 31.0 Å². The molecule has 0 radical (unpaired) electrons. The first-order valence-corrected chi connectivity index (χ1v) is 5.82. The summed E-state index contributed by atoms with van der Waals surface area (Å²) in [6.07, 6.45) is 2.23. The highest BCUT2D eigenvalue weighted by Crippen LogP contribution is 2.33. The van der Waals surface area contributed by atoms with Crippen LogP contribution < -0.4 is 4.74 Å². The molecule has 1 amide bonds. The van der Waals surface area contributed by atoms with E-state index in [9.17, 15) is 4.79 Å². The van der Waals surface area contributed by atoms with Crippen molar-refractivity contribution in [2.24, 2.45) is 0 Å². The van der Waals surface area contributed by atoms with Crippen LogP contribution in [-0.4, -0.2) is 23.5 Å². The van der Waals surface area contributed by atoms with Crippen LogP contribution in [0.1, 0.15) is 18.4 Å². The van der Waals surface area contributed by atoms with Crippen LogP contribution in [0, 0.1) is 0 Å². The van der Waals surface area contributed by atoms with Gasteiger partial charge in [0.1, 0.15) is 5.75 Å². The number of carbonyl (C=O) groups excluding carboxylic acids is 1. The van der Waals surface area contributed by atoms with Crippen molar-refractivity contribution < 1.29 is 9.53 Å². The summed E-state index contributed by atoms with van der Waals surface area (Å²) in [5.41, 5.74) is 1.00. The van der Waals surface area contributed by atoms with Crippen LogP contribution in [-0.2, 0) is 11.3 Å². The van der Waals surface area contributed by atoms with Gasteiger partial charge < -0.3 is 9.64 Å². The zero-order chi connectivity index (χ0) is 11.1. The Morgan fingerprint density at radius 3 is 2.94 bits per heavy atom. The van der Waals surface area contributed by atoms with Crippen molar-refractivity contribution in [3.8, 4) is 5.75 Å². The fourth-order valence-corrected chi connectivity index (χ4v) is 2.22. The number of carbonyl (C=O) groups is 1. The van der Waals surface area contributed by atoms with Gasteiger partial charge in [0.25, 0.3) is 5.91 Å². The zero-order valence-electron chi connectivity index (χ0n) is 8.78. The van der Waals surface area contributed by atoms with E-state index in [4.69, 9.17) is 16.3 Å². The van der Waals surface area contributed by atoms with Gasteiger partial charge in [-0.1, -0.05) is 11.6 Å². The van der Waals surface area contributed by atoms with Gasteiger partial charge in [0.2, 0.25) is 0 Å². The van der Waals surface area contributed by atoms with Crippen LogP contribution in [0.4, 0.5) is 0 Å². The molecule has 3 rings (SSSR count). The Kier molecular flexibility index (Phi) is 2.28. The molecule has 4 heteroatoms. The molecule has 0 bridgehead atoms. The van der Waals surface area contributed by atoms with Crippen LogP contribution in [0.3, 0.4) is 0 Å². The van der Waals surface area contributed by atoms with E-state index in [2.05, 4.69) is 0 Å². The van der Waals surface area contributed by atoms with E-state index in [-0.39, 0.29) is 12.5 Å². The molecule has 0 atom stereocenters. The number of halogens is 1. The lowest BCUT2D eigenvalue weighted by atomic mass is 10.2. The molecule has 84 valence electrons. The number of hydrogen-bond donors (Lipinski definition) is 0. The Morgan fingerprint density at radius 2 is 2.19 bits per heavy atom. The van der Waals surface area contributed by atoms with Crippen molar-refractivity contribution in [2.45, 2.75) is 25.4 Å². The van der Waals surface area contributed by atoms with Gasteiger partial charge in [-0.3, -0.25) is 4.79 Å². The molecule has 1 aliphatic heterocycles. The van der Waals surface area contributed by atoms with Crippen molar-refractivity contribution in [3.63, 3.8) is 0 Å². The van der Waals surface area contributed by atoms with Crippen molar-refractivity contribution in [1.29, 1.82) is 0 Å². The van der Waals surface area contributed by atoms with Gasteiger partial charge >= 0.3 is 0 Å². The Hall–Kier alpha value is -1.22. The molecule has 0 saturated heterocycles. The van der Waals surface area contributed by atoms with Gasteiger partial charge in [0.05, 0.1) is 0 Å². The molecule has 1 aromatic carbocycles. The van der Waals surface area contributed by atoms with Gasteiger partial charge in [-0.15, -0.1) is 0 Å². The van der Waals surface area contributed by atoms with Gasteiger partial charge in [0, 0.05) is 23.2 Å². The highest BCUT2D eigenvalue weighted by molar-refractivity contribution is 6.30. The fraction of sp³-hybridized carbons (Fsp3) is 0.417. The minimum atomic E-state index is 0.0785. The molecule has 0 aromatic heterocycles. The summed E-state index contributed by atoms with van der Waals surface area (Å²) < 4.78 is 5.47. The number of nitrogens with zero attached hydrogens (tertiary/aromatic N) is 1. The second-order valence-electron chi connectivity index (χ2n) is 4.29.